The van der Waals surface area contributed by atoms with Crippen molar-refractivity contribution in [1.82, 2.24) is 9.80 Å². The van der Waals surface area contributed by atoms with E-state index in [1.165, 1.54) is 0 Å². The normalized spacial score (nSPS) is 16.0. The SMILES string of the molecule is COc1ccc(OCCCN2CCC(N(C)C(=O)OC(C)(C)C)CC2)cc1. The number of rotatable bonds is 7. The van der Waals surface area contributed by atoms with E-state index in [0.717, 1.165) is 50.4 Å². The zero-order chi connectivity index (χ0) is 19.9. The largest absolute Gasteiger partial charge is 0.497 e. The van der Waals surface area contributed by atoms with Gasteiger partial charge in [-0.1, -0.05) is 0 Å². The van der Waals surface area contributed by atoms with Crippen LogP contribution < -0.4 is 9.47 Å². The molecule has 1 amide bonds. The van der Waals surface area contributed by atoms with Crippen LogP contribution in [-0.2, 0) is 4.74 Å². The lowest BCUT2D eigenvalue weighted by Gasteiger charge is -2.37. The van der Waals surface area contributed by atoms with E-state index in [4.69, 9.17) is 14.2 Å². The fraction of sp³-hybridized carbons (Fsp3) is 0.667. The number of carbonyl (C=O) groups excluding carboxylic acids is 1. The number of carbonyl (C=O) groups is 1. The van der Waals surface area contributed by atoms with Crippen molar-refractivity contribution < 1.29 is 19.0 Å². The van der Waals surface area contributed by atoms with E-state index in [2.05, 4.69) is 4.90 Å². The van der Waals surface area contributed by atoms with Crippen LogP contribution in [0.25, 0.3) is 0 Å². The van der Waals surface area contributed by atoms with E-state index in [1.807, 2.05) is 52.1 Å². The first-order valence-corrected chi connectivity index (χ1v) is 9.73. The fourth-order valence-electron chi connectivity index (χ4n) is 3.16. The summed E-state index contributed by atoms with van der Waals surface area (Å²) in [7, 11) is 3.50. The van der Waals surface area contributed by atoms with Gasteiger partial charge in [0.25, 0.3) is 0 Å². The Kier molecular flexibility index (Phi) is 7.78. The Morgan fingerprint density at radius 2 is 1.74 bits per heavy atom. The number of hydrogen-bond donors (Lipinski definition) is 0. The Labute approximate surface area is 163 Å². The number of ether oxygens (including phenoxy) is 3. The average molecular weight is 379 g/mol. The molecule has 1 aliphatic heterocycles. The van der Waals surface area contributed by atoms with Crippen molar-refractivity contribution >= 4 is 6.09 Å². The second-order valence-corrected chi connectivity index (χ2v) is 8.04. The maximum Gasteiger partial charge on any atom is 0.410 e. The van der Waals surface area contributed by atoms with Gasteiger partial charge in [0.1, 0.15) is 17.1 Å². The Morgan fingerprint density at radius 1 is 1.15 bits per heavy atom. The summed E-state index contributed by atoms with van der Waals surface area (Å²) in [5.41, 5.74) is -0.448. The molecule has 0 saturated carbocycles. The second kappa shape index (κ2) is 9.83. The zero-order valence-electron chi connectivity index (χ0n) is 17.4. The minimum Gasteiger partial charge on any atom is -0.497 e. The smallest absolute Gasteiger partial charge is 0.410 e. The molecule has 0 N–H and O–H groups in total. The van der Waals surface area contributed by atoms with Gasteiger partial charge in [-0.25, -0.2) is 4.79 Å². The highest BCUT2D eigenvalue weighted by atomic mass is 16.6. The number of nitrogens with zero attached hydrogens (tertiary/aromatic N) is 2. The number of methoxy groups -OCH3 is 1. The Hall–Kier alpha value is -1.95. The van der Waals surface area contributed by atoms with Crippen molar-refractivity contribution in [3.8, 4) is 11.5 Å². The molecule has 2 rings (SSSR count). The van der Waals surface area contributed by atoms with Gasteiger partial charge in [0.15, 0.2) is 0 Å². The van der Waals surface area contributed by atoms with Gasteiger partial charge >= 0.3 is 6.09 Å². The quantitative estimate of drug-likeness (QED) is 0.676. The topological polar surface area (TPSA) is 51.2 Å². The second-order valence-electron chi connectivity index (χ2n) is 8.04. The van der Waals surface area contributed by atoms with Crippen molar-refractivity contribution in [3.63, 3.8) is 0 Å². The van der Waals surface area contributed by atoms with Gasteiger partial charge in [0, 0.05) is 32.7 Å². The summed E-state index contributed by atoms with van der Waals surface area (Å²) < 4.78 is 16.4. The van der Waals surface area contributed by atoms with Gasteiger partial charge in [-0.3, -0.25) is 0 Å². The van der Waals surface area contributed by atoms with E-state index in [9.17, 15) is 4.79 Å². The van der Waals surface area contributed by atoms with Crippen molar-refractivity contribution in [1.29, 1.82) is 0 Å². The number of hydrogen-bond acceptors (Lipinski definition) is 5. The predicted molar refractivity (Wildman–Crippen MR) is 107 cm³/mol. The lowest BCUT2D eigenvalue weighted by Crippen LogP contribution is -2.47. The first-order valence-electron chi connectivity index (χ1n) is 9.73. The maximum atomic E-state index is 12.2. The molecule has 1 heterocycles. The van der Waals surface area contributed by atoms with Gasteiger partial charge in [0.2, 0.25) is 0 Å². The highest BCUT2D eigenvalue weighted by Gasteiger charge is 2.28. The van der Waals surface area contributed by atoms with Crippen molar-refractivity contribution in [2.75, 3.05) is 40.4 Å². The molecule has 1 aromatic carbocycles. The van der Waals surface area contributed by atoms with Crippen LogP contribution in [0.1, 0.15) is 40.0 Å². The van der Waals surface area contributed by atoms with Gasteiger partial charge in [-0.05, 0) is 64.3 Å². The summed E-state index contributed by atoms with van der Waals surface area (Å²) in [5.74, 6) is 1.70. The van der Waals surface area contributed by atoms with Gasteiger partial charge < -0.3 is 24.0 Å². The summed E-state index contributed by atoms with van der Waals surface area (Å²) in [4.78, 5) is 16.4. The average Bonchev–Trinajstić information content (AvgIpc) is 2.64. The molecular formula is C21H34N2O4. The fourth-order valence-corrected chi connectivity index (χ4v) is 3.16. The Morgan fingerprint density at radius 3 is 2.30 bits per heavy atom. The summed E-state index contributed by atoms with van der Waals surface area (Å²) in [5, 5.41) is 0. The molecule has 0 bridgehead atoms. The lowest BCUT2D eigenvalue weighted by atomic mass is 10.0. The summed E-state index contributed by atoms with van der Waals surface area (Å²) in [6.07, 6.45) is 2.72. The molecule has 1 aromatic rings. The lowest BCUT2D eigenvalue weighted by molar-refractivity contribution is 0.0151. The maximum absolute atomic E-state index is 12.2. The van der Waals surface area contributed by atoms with Gasteiger partial charge in [-0.2, -0.15) is 0 Å². The number of piperidine rings is 1. The molecule has 0 aromatic heterocycles. The first-order chi connectivity index (χ1) is 12.8. The molecule has 1 aliphatic rings. The molecule has 27 heavy (non-hydrogen) atoms. The standard InChI is InChI=1S/C21H34N2O4/c1-21(2,3)27-20(24)22(4)17-11-14-23(15-12-17)13-6-16-26-19-9-7-18(25-5)8-10-19/h7-10,17H,6,11-16H2,1-5H3. The summed E-state index contributed by atoms with van der Waals surface area (Å²) in [6, 6.07) is 7.92. The molecule has 0 atom stereocenters. The molecule has 0 radical (unpaired) electrons. The van der Waals surface area contributed by atoms with Crippen LogP contribution in [0, 0.1) is 0 Å². The van der Waals surface area contributed by atoms with Crippen LogP contribution in [0.3, 0.4) is 0 Å². The van der Waals surface area contributed by atoms with Crippen LogP contribution >= 0.6 is 0 Å². The third-order valence-corrected chi connectivity index (χ3v) is 4.73. The first kappa shape index (κ1) is 21.4. The van der Waals surface area contributed by atoms with Crippen molar-refractivity contribution in [3.05, 3.63) is 24.3 Å². The molecule has 0 aliphatic carbocycles. The molecule has 6 nitrogen and oxygen atoms in total. The van der Waals surface area contributed by atoms with Crippen molar-refractivity contribution in [2.24, 2.45) is 0 Å². The van der Waals surface area contributed by atoms with Gasteiger partial charge in [0.05, 0.1) is 13.7 Å². The van der Waals surface area contributed by atoms with E-state index in [1.54, 1.807) is 12.0 Å². The molecule has 1 fully saturated rings. The van der Waals surface area contributed by atoms with Crippen molar-refractivity contribution in [2.45, 2.75) is 51.7 Å². The molecule has 0 spiro atoms. The van der Waals surface area contributed by atoms with E-state index in [-0.39, 0.29) is 12.1 Å². The molecule has 152 valence electrons. The predicted octanol–water partition coefficient (Wildman–Crippen LogP) is 3.80. The van der Waals surface area contributed by atoms with Crippen LogP contribution in [0.4, 0.5) is 4.79 Å². The minimum atomic E-state index is -0.448. The highest BCUT2D eigenvalue weighted by Crippen LogP contribution is 2.19. The molecule has 1 saturated heterocycles. The van der Waals surface area contributed by atoms with Crippen LogP contribution in [-0.4, -0.2) is 67.9 Å². The Bertz CT molecular complexity index is 575. The third-order valence-electron chi connectivity index (χ3n) is 4.73. The number of benzene rings is 1. The van der Waals surface area contributed by atoms with E-state index < -0.39 is 5.60 Å². The van der Waals surface area contributed by atoms with E-state index in [0.29, 0.717) is 6.61 Å². The van der Waals surface area contributed by atoms with E-state index >= 15 is 0 Å². The van der Waals surface area contributed by atoms with Gasteiger partial charge in [-0.15, -0.1) is 0 Å². The molecule has 6 heteroatoms. The van der Waals surface area contributed by atoms with Crippen LogP contribution in [0.2, 0.25) is 0 Å². The number of amides is 1. The highest BCUT2D eigenvalue weighted by molar-refractivity contribution is 5.68. The Balaban J connectivity index is 1.63. The van der Waals surface area contributed by atoms with Crippen LogP contribution in [0.5, 0.6) is 11.5 Å². The summed E-state index contributed by atoms with van der Waals surface area (Å²) in [6.45, 7) is 9.41. The summed E-state index contributed by atoms with van der Waals surface area (Å²) >= 11 is 0. The minimum absolute atomic E-state index is 0.228. The number of likely N-dealkylation sites (tertiary alicyclic amines) is 1. The zero-order valence-corrected chi connectivity index (χ0v) is 17.4. The van der Waals surface area contributed by atoms with Crippen LogP contribution in [0.15, 0.2) is 24.3 Å². The third kappa shape index (κ3) is 7.29. The molecular weight excluding hydrogens is 344 g/mol. The monoisotopic (exact) mass is 378 g/mol. The molecule has 0 unspecified atom stereocenters.